The van der Waals surface area contributed by atoms with Crippen molar-refractivity contribution in [2.24, 2.45) is 17.3 Å². The average molecular weight is 168 g/mol. The van der Waals surface area contributed by atoms with Crippen molar-refractivity contribution in [3.63, 3.8) is 0 Å². The van der Waals surface area contributed by atoms with Gasteiger partial charge in [-0.25, -0.2) is 0 Å². The molecule has 12 heavy (non-hydrogen) atoms. The van der Waals surface area contributed by atoms with Gasteiger partial charge in [-0.2, -0.15) is 0 Å². The first-order valence-corrected chi connectivity index (χ1v) is 5.24. The second-order valence-corrected chi connectivity index (χ2v) is 5.21. The summed E-state index contributed by atoms with van der Waals surface area (Å²) in [5.41, 5.74) is -0.180. The maximum Gasteiger partial charge on any atom is 0.0726 e. The van der Waals surface area contributed by atoms with Gasteiger partial charge in [-0.15, -0.1) is 0 Å². The van der Waals surface area contributed by atoms with Crippen molar-refractivity contribution in [2.75, 3.05) is 0 Å². The van der Waals surface area contributed by atoms with E-state index in [4.69, 9.17) is 0 Å². The summed E-state index contributed by atoms with van der Waals surface area (Å²) >= 11 is 0. The molecule has 3 atom stereocenters. The first-order valence-electron chi connectivity index (χ1n) is 5.24. The van der Waals surface area contributed by atoms with Crippen LogP contribution < -0.4 is 0 Å². The molecular weight excluding hydrogens is 148 g/mol. The summed E-state index contributed by atoms with van der Waals surface area (Å²) in [6.45, 7) is 6.63. The molecule has 70 valence electrons. The van der Waals surface area contributed by atoms with Gasteiger partial charge in [-0.3, -0.25) is 0 Å². The molecule has 1 nitrogen and oxygen atoms in total. The van der Waals surface area contributed by atoms with Gasteiger partial charge in [0, 0.05) is 0 Å². The number of rotatable bonds is 1. The van der Waals surface area contributed by atoms with E-state index in [1.54, 1.807) is 0 Å². The van der Waals surface area contributed by atoms with E-state index < -0.39 is 0 Å². The van der Waals surface area contributed by atoms with E-state index in [9.17, 15) is 5.11 Å². The molecule has 0 spiro atoms. The SMILES string of the molecule is CC[C@]1(O)[C@H]2CC[C@H](C2)C1(C)C. The molecule has 0 aromatic carbocycles. The van der Waals surface area contributed by atoms with Gasteiger partial charge in [0.1, 0.15) is 0 Å². The standard InChI is InChI=1S/C11H20O/c1-4-11(12)9-6-5-8(7-9)10(11,2)3/h8-9,12H,4-7H2,1-3H3/t8-,9+,11+/m1/s1. The Morgan fingerprint density at radius 1 is 1.25 bits per heavy atom. The van der Waals surface area contributed by atoms with Gasteiger partial charge in [0.05, 0.1) is 5.60 Å². The van der Waals surface area contributed by atoms with Gasteiger partial charge in [0.15, 0.2) is 0 Å². The van der Waals surface area contributed by atoms with Gasteiger partial charge in [-0.1, -0.05) is 20.8 Å². The number of aliphatic hydroxyl groups is 1. The lowest BCUT2D eigenvalue weighted by Crippen LogP contribution is -2.48. The van der Waals surface area contributed by atoms with Crippen LogP contribution in [0.1, 0.15) is 46.5 Å². The van der Waals surface area contributed by atoms with Crippen molar-refractivity contribution in [2.45, 2.75) is 52.1 Å². The Hall–Kier alpha value is -0.0400. The first kappa shape index (κ1) is 8.55. The number of hydrogen-bond donors (Lipinski definition) is 1. The molecule has 2 saturated carbocycles. The van der Waals surface area contributed by atoms with Crippen molar-refractivity contribution in [3.8, 4) is 0 Å². The lowest BCUT2D eigenvalue weighted by molar-refractivity contribution is -0.108. The molecule has 1 N–H and O–H groups in total. The summed E-state index contributed by atoms with van der Waals surface area (Å²) in [5.74, 6) is 1.38. The fourth-order valence-corrected chi connectivity index (χ4v) is 3.69. The van der Waals surface area contributed by atoms with Gasteiger partial charge < -0.3 is 5.11 Å². The predicted molar refractivity (Wildman–Crippen MR) is 49.9 cm³/mol. The zero-order valence-electron chi connectivity index (χ0n) is 8.43. The molecule has 2 rings (SSSR count). The smallest absolute Gasteiger partial charge is 0.0726 e. The van der Waals surface area contributed by atoms with Crippen molar-refractivity contribution < 1.29 is 5.11 Å². The van der Waals surface area contributed by atoms with Crippen molar-refractivity contribution in [1.82, 2.24) is 0 Å². The van der Waals surface area contributed by atoms with E-state index in [0.29, 0.717) is 5.92 Å². The van der Waals surface area contributed by atoms with Crippen LogP contribution in [0.4, 0.5) is 0 Å². The minimum absolute atomic E-state index is 0.171. The van der Waals surface area contributed by atoms with Crippen LogP contribution in [-0.2, 0) is 0 Å². The molecule has 0 saturated heterocycles. The second kappa shape index (κ2) is 2.25. The fraction of sp³-hybridized carbons (Fsp3) is 1.00. The average Bonchev–Trinajstić information content (AvgIpc) is 2.55. The molecule has 2 fully saturated rings. The Balaban J connectivity index is 2.34. The summed E-state index contributed by atoms with van der Waals surface area (Å²) in [7, 11) is 0. The summed E-state index contributed by atoms with van der Waals surface area (Å²) in [4.78, 5) is 0. The van der Waals surface area contributed by atoms with Crippen LogP contribution in [0, 0.1) is 17.3 Å². The summed E-state index contributed by atoms with van der Waals surface area (Å²) in [6.07, 6.45) is 4.82. The van der Waals surface area contributed by atoms with Crippen molar-refractivity contribution in [3.05, 3.63) is 0 Å². The Bertz CT molecular complexity index is 197. The van der Waals surface area contributed by atoms with E-state index in [-0.39, 0.29) is 11.0 Å². The highest BCUT2D eigenvalue weighted by Gasteiger charge is 2.60. The van der Waals surface area contributed by atoms with Crippen LogP contribution in [0.2, 0.25) is 0 Å². The van der Waals surface area contributed by atoms with Crippen LogP contribution in [0.15, 0.2) is 0 Å². The minimum Gasteiger partial charge on any atom is -0.389 e. The topological polar surface area (TPSA) is 20.2 Å². The molecule has 2 aliphatic rings. The normalized spacial score (nSPS) is 50.0. The van der Waals surface area contributed by atoms with Crippen LogP contribution >= 0.6 is 0 Å². The molecule has 0 amide bonds. The van der Waals surface area contributed by atoms with E-state index in [2.05, 4.69) is 20.8 Å². The molecule has 1 heteroatoms. The predicted octanol–water partition coefficient (Wildman–Crippen LogP) is 2.58. The highest BCUT2D eigenvalue weighted by Crippen LogP contribution is 2.62. The van der Waals surface area contributed by atoms with Crippen LogP contribution in [-0.4, -0.2) is 10.7 Å². The first-order chi connectivity index (χ1) is 5.52. The Morgan fingerprint density at radius 3 is 2.17 bits per heavy atom. The summed E-state index contributed by atoms with van der Waals surface area (Å²) in [6, 6.07) is 0. The highest BCUT2D eigenvalue weighted by molar-refractivity contribution is 5.11. The van der Waals surface area contributed by atoms with Gasteiger partial charge in [0.2, 0.25) is 0 Å². The molecule has 0 aliphatic heterocycles. The maximum atomic E-state index is 10.5. The Kier molecular flexibility index (Phi) is 1.61. The third-order valence-electron chi connectivity index (χ3n) is 4.78. The van der Waals surface area contributed by atoms with Crippen LogP contribution in [0.25, 0.3) is 0 Å². The molecule has 0 aromatic rings. The van der Waals surface area contributed by atoms with Crippen LogP contribution in [0.3, 0.4) is 0 Å². The Labute approximate surface area is 75.2 Å². The van der Waals surface area contributed by atoms with E-state index >= 15 is 0 Å². The quantitative estimate of drug-likeness (QED) is 0.638. The molecule has 0 radical (unpaired) electrons. The lowest BCUT2D eigenvalue weighted by atomic mass is 9.64. The largest absolute Gasteiger partial charge is 0.389 e. The molecule has 2 aliphatic carbocycles. The third-order valence-corrected chi connectivity index (χ3v) is 4.78. The van der Waals surface area contributed by atoms with Gasteiger partial charge >= 0.3 is 0 Å². The summed E-state index contributed by atoms with van der Waals surface area (Å²) in [5, 5.41) is 10.5. The monoisotopic (exact) mass is 168 g/mol. The minimum atomic E-state index is -0.351. The zero-order valence-corrected chi connectivity index (χ0v) is 8.43. The molecule has 0 aromatic heterocycles. The Morgan fingerprint density at radius 2 is 1.83 bits per heavy atom. The van der Waals surface area contributed by atoms with E-state index in [1.165, 1.54) is 19.3 Å². The van der Waals surface area contributed by atoms with Crippen LogP contribution in [0.5, 0.6) is 0 Å². The van der Waals surface area contributed by atoms with E-state index in [1.807, 2.05) is 0 Å². The summed E-state index contributed by atoms with van der Waals surface area (Å²) < 4.78 is 0. The van der Waals surface area contributed by atoms with Gasteiger partial charge in [-0.05, 0) is 42.9 Å². The molecule has 0 heterocycles. The third kappa shape index (κ3) is 0.736. The zero-order chi connectivity index (χ0) is 8.98. The van der Waals surface area contributed by atoms with Crippen molar-refractivity contribution >= 4 is 0 Å². The molecular formula is C11H20O. The second-order valence-electron chi connectivity index (χ2n) is 5.21. The lowest BCUT2D eigenvalue weighted by Gasteiger charge is -2.45. The number of fused-ring (bicyclic) bond motifs is 2. The molecule has 2 bridgehead atoms. The van der Waals surface area contributed by atoms with Crippen molar-refractivity contribution in [1.29, 1.82) is 0 Å². The van der Waals surface area contributed by atoms with Gasteiger partial charge in [0.25, 0.3) is 0 Å². The number of hydrogen-bond acceptors (Lipinski definition) is 1. The fourth-order valence-electron chi connectivity index (χ4n) is 3.69. The molecule has 0 unspecified atom stereocenters. The maximum absolute atomic E-state index is 10.5. The highest BCUT2D eigenvalue weighted by atomic mass is 16.3. The van der Waals surface area contributed by atoms with E-state index in [0.717, 1.165) is 12.3 Å².